The van der Waals surface area contributed by atoms with Crippen LogP contribution in [0.1, 0.15) is 17.3 Å². The summed E-state index contributed by atoms with van der Waals surface area (Å²) in [4.78, 5) is 19.4. The molecular formula is C19H14ClN3O. The van der Waals surface area contributed by atoms with Gasteiger partial charge in [0.2, 0.25) is 0 Å². The molecule has 0 unspecified atom stereocenters. The molecule has 0 radical (unpaired) electrons. The lowest BCUT2D eigenvalue weighted by molar-refractivity contribution is 0.101. The Morgan fingerprint density at radius 3 is 2.83 bits per heavy atom. The van der Waals surface area contributed by atoms with Crippen LogP contribution in [0.4, 0.5) is 11.4 Å². The third-order valence-electron chi connectivity index (χ3n) is 4.00. The van der Waals surface area contributed by atoms with Crippen molar-refractivity contribution in [2.45, 2.75) is 6.92 Å². The number of H-pyrrole nitrogens is 1. The summed E-state index contributed by atoms with van der Waals surface area (Å²) in [5.74, 6) is 0.0412. The van der Waals surface area contributed by atoms with E-state index in [1.54, 1.807) is 13.1 Å². The lowest BCUT2D eigenvalue weighted by atomic mass is 10.1. The Kier molecular flexibility index (Phi) is 3.47. The molecule has 2 heterocycles. The van der Waals surface area contributed by atoms with Crippen molar-refractivity contribution in [1.29, 1.82) is 0 Å². The van der Waals surface area contributed by atoms with Gasteiger partial charge in [0.05, 0.1) is 11.1 Å². The number of nitrogens with one attached hydrogen (secondary N) is 2. The van der Waals surface area contributed by atoms with E-state index in [4.69, 9.17) is 11.6 Å². The van der Waals surface area contributed by atoms with E-state index >= 15 is 0 Å². The SMILES string of the molecule is CC(=O)c1ccc2[nH]c3nccc(Nc4cccc(Cl)c4)c3c2c1. The number of carbonyl (C=O) groups is 1. The summed E-state index contributed by atoms with van der Waals surface area (Å²) >= 11 is 6.06. The van der Waals surface area contributed by atoms with Gasteiger partial charge in [0, 0.05) is 33.4 Å². The van der Waals surface area contributed by atoms with Crippen molar-refractivity contribution in [3.05, 3.63) is 65.3 Å². The quantitative estimate of drug-likeness (QED) is 0.498. The zero-order chi connectivity index (χ0) is 16.7. The highest BCUT2D eigenvalue weighted by Gasteiger charge is 2.12. The maximum absolute atomic E-state index is 11.7. The topological polar surface area (TPSA) is 57.8 Å². The molecule has 0 fully saturated rings. The fourth-order valence-electron chi connectivity index (χ4n) is 2.86. The van der Waals surface area contributed by atoms with Gasteiger partial charge in [0.1, 0.15) is 5.65 Å². The highest BCUT2D eigenvalue weighted by Crippen LogP contribution is 2.33. The number of pyridine rings is 1. The summed E-state index contributed by atoms with van der Waals surface area (Å²) in [5.41, 5.74) is 4.21. The number of Topliss-reactive ketones (excluding diaryl/α,β-unsaturated/α-hetero) is 1. The van der Waals surface area contributed by atoms with Crippen molar-refractivity contribution in [2.24, 2.45) is 0 Å². The van der Waals surface area contributed by atoms with Crippen molar-refractivity contribution in [3.63, 3.8) is 0 Å². The fourth-order valence-corrected chi connectivity index (χ4v) is 3.05. The molecule has 2 aromatic carbocycles. The van der Waals surface area contributed by atoms with E-state index in [-0.39, 0.29) is 5.78 Å². The van der Waals surface area contributed by atoms with E-state index in [9.17, 15) is 4.79 Å². The van der Waals surface area contributed by atoms with Gasteiger partial charge in [-0.2, -0.15) is 0 Å². The van der Waals surface area contributed by atoms with Crippen LogP contribution >= 0.6 is 11.6 Å². The summed E-state index contributed by atoms with van der Waals surface area (Å²) in [6.07, 6.45) is 1.75. The number of hydrogen-bond acceptors (Lipinski definition) is 3. The molecule has 0 saturated carbocycles. The van der Waals surface area contributed by atoms with Crippen LogP contribution < -0.4 is 5.32 Å². The lowest BCUT2D eigenvalue weighted by Crippen LogP contribution is -1.92. The second-order valence-corrected chi connectivity index (χ2v) is 6.10. The number of ketones is 1. The van der Waals surface area contributed by atoms with Crippen molar-refractivity contribution in [1.82, 2.24) is 9.97 Å². The predicted molar refractivity (Wildman–Crippen MR) is 98.3 cm³/mol. The normalized spacial score (nSPS) is 11.1. The largest absolute Gasteiger partial charge is 0.355 e. The minimum Gasteiger partial charge on any atom is -0.355 e. The van der Waals surface area contributed by atoms with Gasteiger partial charge < -0.3 is 10.3 Å². The zero-order valence-corrected chi connectivity index (χ0v) is 13.7. The fraction of sp³-hybridized carbons (Fsp3) is 0.0526. The molecule has 0 spiro atoms. The van der Waals surface area contributed by atoms with Gasteiger partial charge in [0.15, 0.2) is 5.78 Å². The first kappa shape index (κ1) is 14.7. The molecule has 5 heteroatoms. The molecule has 24 heavy (non-hydrogen) atoms. The average Bonchev–Trinajstić information content (AvgIpc) is 2.93. The molecule has 0 atom stereocenters. The van der Waals surface area contributed by atoms with Crippen LogP contribution in [0, 0.1) is 0 Å². The number of anilines is 2. The number of rotatable bonds is 3. The molecule has 4 rings (SSSR count). The van der Waals surface area contributed by atoms with E-state index in [2.05, 4.69) is 15.3 Å². The molecular weight excluding hydrogens is 322 g/mol. The van der Waals surface area contributed by atoms with E-state index in [1.165, 1.54) is 0 Å². The average molecular weight is 336 g/mol. The van der Waals surface area contributed by atoms with Crippen molar-refractivity contribution in [3.8, 4) is 0 Å². The van der Waals surface area contributed by atoms with Crippen LogP contribution in [-0.4, -0.2) is 15.8 Å². The number of aromatic nitrogens is 2. The van der Waals surface area contributed by atoms with Crippen LogP contribution in [0.3, 0.4) is 0 Å². The highest BCUT2D eigenvalue weighted by molar-refractivity contribution is 6.30. The van der Waals surface area contributed by atoms with Gasteiger partial charge >= 0.3 is 0 Å². The predicted octanol–water partition coefficient (Wildman–Crippen LogP) is 5.32. The Balaban J connectivity index is 1.93. The molecule has 2 aromatic heterocycles. The molecule has 0 saturated heterocycles. The number of fused-ring (bicyclic) bond motifs is 3. The number of nitrogens with zero attached hydrogens (tertiary/aromatic N) is 1. The molecule has 0 aliphatic rings. The number of halogens is 1. The first-order valence-corrected chi connectivity index (χ1v) is 7.93. The van der Waals surface area contributed by atoms with Crippen LogP contribution in [-0.2, 0) is 0 Å². The Bertz CT molecular complexity index is 1080. The van der Waals surface area contributed by atoms with Gasteiger partial charge in [0.25, 0.3) is 0 Å². The molecule has 0 bridgehead atoms. The number of benzene rings is 2. The first-order valence-electron chi connectivity index (χ1n) is 7.56. The van der Waals surface area contributed by atoms with Crippen molar-refractivity contribution in [2.75, 3.05) is 5.32 Å². The lowest BCUT2D eigenvalue weighted by Gasteiger charge is -2.08. The smallest absolute Gasteiger partial charge is 0.159 e. The Morgan fingerprint density at radius 1 is 1.17 bits per heavy atom. The summed E-state index contributed by atoms with van der Waals surface area (Å²) in [6.45, 7) is 1.57. The molecule has 0 amide bonds. The number of carbonyl (C=O) groups excluding carboxylic acids is 1. The van der Waals surface area contributed by atoms with Crippen LogP contribution in [0.25, 0.3) is 21.9 Å². The maximum Gasteiger partial charge on any atom is 0.159 e. The molecule has 118 valence electrons. The standard InChI is InChI=1S/C19H14ClN3O/c1-11(24)12-5-6-16-15(9-12)18-17(7-8-21-19(18)23-16)22-14-4-2-3-13(20)10-14/h2-10H,1H3,(H2,21,22,23). The monoisotopic (exact) mass is 335 g/mol. The minimum atomic E-state index is 0.0412. The van der Waals surface area contributed by atoms with E-state index in [0.717, 1.165) is 33.3 Å². The van der Waals surface area contributed by atoms with Crippen LogP contribution in [0.15, 0.2) is 54.7 Å². The highest BCUT2D eigenvalue weighted by atomic mass is 35.5. The van der Waals surface area contributed by atoms with E-state index in [0.29, 0.717) is 10.6 Å². The Hall–Kier alpha value is -2.85. The van der Waals surface area contributed by atoms with Gasteiger partial charge in [-0.15, -0.1) is 0 Å². The molecule has 0 aliphatic carbocycles. The number of aromatic amines is 1. The number of hydrogen-bond donors (Lipinski definition) is 2. The third kappa shape index (κ3) is 2.51. The Labute approximate surface area is 143 Å². The Morgan fingerprint density at radius 2 is 2.04 bits per heavy atom. The summed E-state index contributed by atoms with van der Waals surface area (Å²) in [5, 5.41) is 5.98. The summed E-state index contributed by atoms with van der Waals surface area (Å²) < 4.78 is 0. The summed E-state index contributed by atoms with van der Waals surface area (Å²) in [6, 6.07) is 15.1. The van der Waals surface area contributed by atoms with Crippen LogP contribution in [0.5, 0.6) is 0 Å². The second kappa shape index (κ2) is 5.65. The van der Waals surface area contributed by atoms with Gasteiger partial charge in [-0.05, 0) is 49.4 Å². The summed E-state index contributed by atoms with van der Waals surface area (Å²) in [7, 11) is 0. The molecule has 4 nitrogen and oxygen atoms in total. The third-order valence-corrected chi connectivity index (χ3v) is 4.24. The molecule has 0 aliphatic heterocycles. The van der Waals surface area contributed by atoms with E-state index in [1.807, 2.05) is 48.5 Å². The molecule has 2 N–H and O–H groups in total. The van der Waals surface area contributed by atoms with Crippen molar-refractivity contribution < 1.29 is 4.79 Å². The van der Waals surface area contributed by atoms with Crippen LogP contribution in [0.2, 0.25) is 5.02 Å². The van der Waals surface area contributed by atoms with E-state index < -0.39 is 0 Å². The van der Waals surface area contributed by atoms with Gasteiger partial charge in [-0.1, -0.05) is 17.7 Å². The molecule has 4 aromatic rings. The zero-order valence-electron chi connectivity index (χ0n) is 12.9. The maximum atomic E-state index is 11.7. The van der Waals surface area contributed by atoms with Gasteiger partial charge in [-0.25, -0.2) is 4.98 Å². The first-order chi connectivity index (χ1) is 11.6. The van der Waals surface area contributed by atoms with Gasteiger partial charge in [-0.3, -0.25) is 4.79 Å². The van der Waals surface area contributed by atoms with Crippen molar-refractivity contribution >= 4 is 50.7 Å². The second-order valence-electron chi connectivity index (χ2n) is 5.66. The minimum absolute atomic E-state index is 0.0412.